The molecule has 1 amide bonds. The molecule has 5 nitrogen and oxygen atoms in total. The molecule has 3 rings (SSSR count). The van der Waals surface area contributed by atoms with Crippen molar-refractivity contribution in [3.05, 3.63) is 72.1 Å². The molecule has 0 N–H and O–H groups in total. The molecule has 152 valence electrons. The van der Waals surface area contributed by atoms with Crippen LogP contribution in [0.1, 0.15) is 39.1 Å². The van der Waals surface area contributed by atoms with Crippen LogP contribution in [0.25, 0.3) is 5.69 Å². The molecule has 0 unspecified atom stereocenters. The van der Waals surface area contributed by atoms with Crippen molar-refractivity contribution in [1.82, 2.24) is 19.7 Å². The average molecular weight is 409 g/mol. The maximum Gasteiger partial charge on any atom is 0.236 e. The van der Waals surface area contributed by atoms with Crippen LogP contribution >= 0.6 is 11.8 Å². The van der Waals surface area contributed by atoms with Gasteiger partial charge in [-0.1, -0.05) is 60.3 Å². The first-order chi connectivity index (χ1) is 13.8. The summed E-state index contributed by atoms with van der Waals surface area (Å²) in [5.41, 5.74) is 1.83. The molecule has 0 aliphatic rings. The van der Waals surface area contributed by atoms with Crippen molar-refractivity contribution < 1.29 is 4.79 Å². The summed E-state index contributed by atoms with van der Waals surface area (Å²) < 4.78 is 1.99. The van der Waals surface area contributed by atoms with Gasteiger partial charge in [0.15, 0.2) is 5.16 Å². The van der Waals surface area contributed by atoms with Crippen LogP contribution in [-0.4, -0.2) is 36.4 Å². The van der Waals surface area contributed by atoms with E-state index in [1.165, 1.54) is 11.8 Å². The largest absolute Gasteiger partial charge is 0.333 e. The Morgan fingerprint density at radius 2 is 1.62 bits per heavy atom. The topological polar surface area (TPSA) is 51.0 Å². The van der Waals surface area contributed by atoms with Gasteiger partial charge in [-0.3, -0.25) is 9.36 Å². The van der Waals surface area contributed by atoms with Crippen LogP contribution in [0.5, 0.6) is 0 Å². The van der Waals surface area contributed by atoms with Crippen LogP contribution in [0.15, 0.2) is 65.8 Å². The SMILES string of the molecule is Cc1nnc(S[C@@H](C)C(=O)N(Cc2ccccc2)C(C)(C)C)n1-c1ccccc1. The zero-order chi connectivity index (χ0) is 21.0. The second-order valence-corrected chi connectivity index (χ2v) is 9.35. The Balaban J connectivity index is 1.82. The van der Waals surface area contributed by atoms with Crippen LogP contribution in [-0.2, 0) is 11.3 Å². The van der Waals surface area contributed by atoms with E-state index < -0.39 is 0 Å². The van der Waals surface area contributed by atoms with E-state index in [0.29, 0.717) is 6.54 Å². The van der Waals surface area contributed by atoms with Crippen molar-refractivity contribution >= 4 is 17.7 Å². The molecule has 1 aromatic heterocycles. The third kappa shape index (κ3) is 5.07. The highest BCUT2D eigenvalue weighted by Crippen LogP contribution is 2.29. The van der Waals surface area contributed by atoms with Gasteiger partial charge in [-0.25, -0.2) is 0 Å². The van der Waals surface area contributed by atoms with E-state index in [-0.39, 0.29) is 16.7 Å². The van der Waals surface area contributed by atoms with Gasteiger partial charge in [-0.2, -0.15) is 0 Å². The predicted molar refractivity (Wildman–Crippen MR) is 118 cm³/mol. The molecule has 1 heterocycles. The van der Waals surface area contributed by atoms with Crippen molar-refractivity contribution in [2.75, 3.05) is 0 Å². The Morgan fingerprint density at radius 3 is 2.21 bits per heavy atom. The van der Waals surface area contributed by atoms with Gasteiger partial charge < -0.3 is 4.90 Å². The first-order valence-corrected chi connectivity index (χ1v) is 10.6. The molecule has 0 saturated carbocycles. The lowest BCUT2D eigenvalue weighted by Gasteiger charge is -2.37. The van der Waals surface area contributed by atoms with E-state index in [1.807, 2.05) is 71.8 Å². The molecule has 0 saturated heterocycles. The average Bonchev–Trinajstić information content (AvgIpc) is 3.06. The summed E-state index contributed by atoms with van der Waals surface area (Å²) in [6.07, 6.45) is 0. The number of thioether (sulfide) groups is 1. The monoisotopic (exact) mass is 408 g/mol. The zero-order valence-electron chi connectivity index (χ0n) is 17.7. The Labute approximate surface area is 177 Å². The van der Waals surface area contributed by atoms with E-state index >= 15 is 0 Å². The number of carbonyl (C=O) groups is 1. The Bertz CT molecular complexity index is 948. The number of amides is 1. The van der Waals surface area contributed by atoms with Crippen molar-refractivity contribution in [2.24, 2.45) is 0 Å². The summed E-state index contributed by atoms with van der Waals surface area (Å²) in [4.78, 5) is 15.3. The van der Waals surface area contributed by atoms with Gasteiger partial charge in [-0.05, 0) is 52.3 Å². The lowest BCUT2D eigenvalue weighted by atomic mass is 10.0. The van der Waals surface area contributed by atoms with Crippen LogP contribution in [0, 0.1) is 6.92 Å². The number of aromatic nitrogens is 3. The Kier molecular flexibility index (Phi) is 6.42. The highest BCUT2D eigenvalue weighted by Gasteiger charge is 2.31. The molecule has 29 heavy (non-hydrogen) atoms. The van der Waals surface area contributed by atoms with Gasteiger partial charge in [0.25, 0.3) is 0 Å². The van der Waals surface area contributed by atoms with Gasteiger partial charge >= 0.3 is 0 Å². The molecular formula is C23H28N4OS. The Morgan fingerprint density at radius 1 is 1.03 bits per heavy atom. The highest BCUT2D eigenvalue weighted by atomic mass is 32.2. The van der Waals surface area contributed by atoms with Gasteiger partial charge in [0.2, 0.25) is 5.91 Å². The summed E-state index contributed by atoms with van der Waals surface area (Å²) in [6.45, 7) is 10.7. The van der Waals surface area contributed by atoms with Gasteiger partial charge in [0, 0.05) is 17.8 Å². The van der Waals surface area contributed by atoms with Crippen LogP contribution in [0.4, 0.5) is 0 Å². The molecule has 0 radical (unpaired) electrons. The number of rotatable bonds is 6. The molecule has 6 heteroatoms. The third-order valence-electron chi connectivity index (χ3n) is 4.70. The lowest BCUT2D eigenvalue weighted by Crippen LogP contribution is -2.48. The number of aryl methyl sites for hydroxylation is 1. The first-order valence-electron chi connectivity index (χ1n) is 9.77. The Hall–Kier alpha value is -2.60. The van der Waals surface area contributed by atoms with E-state index in [4.69, 9.17) is 0 Å². The zero-order valence-corrected chi connectivity index (χ0v) is 18.5. The van der Waals surface area contributed by atoms with Crippen molar-refractivity contribution in [1.29, 1.82) is 0 Å². The third-order valence-corrected chi connectivity index (χ3v) is 5.73. The summed E-state index contributed by atoms with van der Waals surface area (Å²) in [5, 5.41) is 9.00. The van der Waals surface area contributed by atoms with E-state index in [0.717, 1.165) is 22.2 Å². The first kappa shape index (κ1) is 21.1. The smallest absolute Gasteiger partial charge is 0.236 e. The number of carbonyl (C=O) groups excluding carboxylic acids is 1. The standard InChI is InChI=1S/C23H28N4OS/c1-17(21(28)26(23(3,4)5)16-19-12-8-6-9-13-19)29-22-25-24-18(2)27(22)20-14-10-7-11-15-20/h6-15,17H,16H2,1-5H3/t17-/m0/s1. The molecule has 1 atom stereocenters. The molecule has 2 aromatic carbocycles. The molecule has 0 aliphatic carbocycles. The van der Waals surface area contributed by atoms with E-state index in [9.17, 15) is 4.79 Å². The minimum absolute atomic E-state index is 0.0895. The quantitative estimate of drug-likeness (QED) is 0.545. The molecular weight excluding hydrogens is 380 g/mol. The fourth-order valence-corrected chi connectivity index (χ4v) is 4.11. The van der Waals surface area contributed by atoms with Crippen molar-refractivity contribution in [2.45, 2.75) is 57.1 Å². The minimum Gasteiger partial charge on any atom is -0.333 e. The maximum absolute atomic E-state index is 13.4. The molecule has 0 aliphatic heterocycles. The molecule has 0 spiro atoms. The summed E-state index contributed by atoms with van der Waals surface area (Å²) in [5.74, 6) is 0.891. The van der Waals surface area contributed by atoms with Gasteiger partial charge in [-0.15, -0.1) is 10.2 Å². The number of nitrogens with zero attached hydrogens (tertiary/aromatic N) is 4. The fraction of sp³-hybridized carbons (Fsp3) is 0.348. The lowest BCUT2D eigenvalue weighted by molar-refractivity contribution is -0.135. The normalized spacial score (nSPS) is 12.6. The molecule has 3 aromatic rings. The maximum atomic E-state index is 13.4. The molecule has 0 fully saturated rings. The second kappa shape index (κ2) is 8.82. The minimum atomic E-state index is -0.288. The summed E-state index contributed by atoms with van der Waals surface area (Å²) in [7, 11) is 0. The van der Waals surface area contributed by atoms with Gasteiger partial charge in [0.05, 0.1) is 5.25 Å². The number of benzene rings is 2. The van der Waals surface area contributed by atoms with E-state index in [2.05, 4.69) is 43.1 Å². The van der Waals surface area contributed by atoms with Crippen LogP contribution in [0.2, 0.25) is 0 Å². The predicted octanol–water partition coefficient (Wildman–Crippen LogP) is 4.88. The molecule has 0 bridgehead atoms. The summed E-state index contributed by atoms with van der Waals surface area (Å²) >= 11 is 1.45. The second-order valence-electron chi connectivity index (χ2n) is 8.04. The number of hydrogen-bond donors (Lipinski definition) is 0. The van der Waals surface area contributed by atoms with Crippen molar-refractivity contribution in [3.63, 3.8) is 0 Å². The number of hydrogen-bond acceptors (Lipinski definition) is 4. The summed E-state index contributed by atoms with van der Waals surface area (Å²) in [6, 6.07) is 20.1. The van der Waals surface area contributed by atoms with E-state index in [1.54, 1.807) is 0 Å². The number of para-hydroxylation sites is 1. The van der Waals surface area contributed by atoms with Gasteiger partial charge in [0.1, 0.15) is 5.82 Å². The van der Waals surface area contributed by atoms with Crippen LogP contribution < -0.4 is 0 Å². The fourth-order valence-electron chi connectivity index (χ4n) is 3.13. The highest BCUT2D eigenvalue weighted by molar-refractivity contribution is 8.00. The van der Waals surface area contributed by atoms with Crippen molar-refractivity contribution in [3.8, 4) is 5.69 Å². The van der Waals surface area contributed by atoms with Crippen LogP contribution in [0.3, 0.4) is 0 Å².